The molecule has 4 nitrogen and oxygen atoms in total. The van der Waals surface area contributed by atoms with Crippen molar-refractivity contribution in [1.82, 2.24) is 15.1 Å². The maximum atomic E-state index is 5.22. The monoisotopic (exact) mass is 267 g/mol. The largest absolute Gasteiger partial charge is 0.385 e. The van der Waals surface area contributed by atoms with Gasteiger partial charge >= 0.3 is 0 Å². The first-order valence-electron chi connectivity index (χ1n) is 7.38. The van der Waals surface area contributed by atoms with Crippen LogP contribution < -0.4 is 5.32 Å². The summed E-state index contributed by atoms with van der Waals surface area (Å²) in [5.74, 6) is 0.543. The Hall–Kier alpha value is -0.870. The van der Waals surface area contributed by atoms with E-state index < -0.39 is 0 Å². The van der Waals surface area contributed by atoms with Gasteiger partial charge in [0.2, 0.25) is 0 Å². The average molecular weight is 267 g/mol. The van der Waals surface area contributed by atoms with Crippen molar-refractivity contribution < 1.29 is 4.74 Å². The first-order valence-corrected chi connectivity index (χ1v) is 7.38. The molecule has 0 fully saturated rings. The van der Waals surface area contributed by atoms with Gasteiger partial charge in [0, 0.05) is 38.6 Å². The van der Waals surface area contributed by atoms with Crippen molar-refractivity contribution in [3.05, 3.63) is 17.5 Å². The molecule has 0 aliphatic heterocycles. The maximum Gasteiger partial charge on any atom is 0.0669 e. The molecule has 0 radical (unpaired) electrons. The molecule has 0 amide bonds. The van der Waals surface area contributed by atoms with Gasteiger partial charge in [0.25, 0.3) is 0 Å². The molecule has 1 heterocycles. The fraction of sp³-hybridized carbons (Fsp3) is 0.800. The highest BCUT2D eigenvalue weighted by Gasteiger charge is 2.22. The van der Waals surface area contributed by atoms with Gasteiger partial charge in [0.05, 0.1) is 5.69 Å². The average Bonchev–Trinajstić information content (AvgIpc) is 2.77. The summed E-state index contributed by atoms with van der Waals surface area (Å²) in [6.07, 6.45) is 5.36. The zero-order valence-corrected chi connectivity index (χ0v) is 13.1. The smallest absolute Gasteiger partial charge is 0.0669 e. The van der Waals surface area contributed by atoms with E-state index in [0.717, 1.165) is 32.4 Å². The molecule has 1 aromatic rings. The van der Waals surface area contributed by atoms with Crippen LogP contribution in [0.2, 0.25) is 0 Å². The first-order chi connectivity index (χ1) is 9.13. The number of aryl methyl sites for hydroxylation is 2. The van der Waals surface area contributed by atoms with Gasteiger partial charge < -0.3 is 10.1 Å². The molecule has 0 saturated carbocycles. The van der Waals surface area contributed by atoms with Crippen LogP contribution in [-0.4, -0.2) is 30.0 Å². The topological polar surface area (TPSA) is 39.1 Å². The third-order valence-electron chi connectivity index (χ3n) is 3.57. The molecule has 4 heteroatoms. The molecule has 0 spiro atoms. The van der Waals surface area contributed by atoms with Gasteiger partial charge in [-0.15, -0.1) is 0 Å². The van der Waals surface area contributed by atoms with E-state index in [9.17, 15) is 0 Å². The van der Waals surface area contributed by atoms with Crippen molar-refractivity contribution in [1.29, 1.82) is 0 Å². The number of rotatable bonds is 9. The molecular weight excluding hydrogens is 238 g/mol. The Kier molecular flexibility index (Phi) is 7.10. The predicted molar refractivity (Wildman–Crippen MR) is 79.3 cm³/mol. The first kappa shape index (κ1) is 16.2. The number of hydrogen-bond donors (Lipinski definition) is 1. The summed E-state index contributed by atoms with van der Waals surface area (Å²) in [4.78, 5) is 0. The Balaban J connectivity index is 2.87. The van der Waals surface area contributed by atoms with Crippen molar-refractivity contribution >= 4 is 0 Å². The quantitative estimate of drug-likeness (QED) is 0.747. The summed E-state index contributed by atoms with van der Waals surface area (Å²) in [6, 6.07) is 0.374. The summed E-state index contributed by atoms with van der Waals surface area (Å²) in [6.45, 7) is 8.52. The normalized spacial score (nSPS) is 14.6. The van der Waals surface area contributed by atoms with Crippen molar-refractivity contribution in [3.8, 4) is 0 Å². The van der Waals surface area contributed by atoms with Crippen molar-refractivity contribution in [3.63, 3.8) is 0 Å². The van der Waals surface area contributed by atoms with E-state index in [2.05, 4.69) is 37.4 Å². The fourth-order valence-corrected chi connectivity index (χ4v) is 2.48. The lowest BCUT2D eigenvalue weighted by molar-refractivity contribution is 0.170. The molecular formula is C15H29N3O. The molecule has 1 rings (SSSR count). The summed E-state index contributed by atoms with van der Waals surface area (Å²) < 4.78 is 7.14. The zero-order valence-electron chi connectivity index (χ0n) is 13.1. The SMILES string of the molecule is CCCNC(c1cn(C)nc1CC)C(C)CCOC. The predicted octanol–water partition coefficient (Wildman–Crippen LogP) is 2.70. The molecule has 0 saturated heterocycles. The van der Waals surface area contributed by atoms with Crippen molar-refractivity contribution in [2.45, 2.75) is 46.1 Å². The minimum absolute atomic E-state index is 0.374. The van der Waals surface area contributed by atoms with Crippen LogP contribution in [0.25, 0.3) is 0 Å². The molecule has 19 heavy (non-hydrogen) atoms. The molecule has 1 aromatic heterocycles. The second-order valence-corrected chi connectivity index (χ2v) is 5.25. The standard InChI is InChI=1S/C15H29N3O/c1-6-9-16-15(12(3)8-10-19-5)13-11-18(4)17-14(13)7-2/h11-12,15-16H,6-10H2,1-5H3. The molecule has 2 atom stereocenters. The molecule has 0 bridgehead atoms. The second-order valence-electron chi connectivity index (χ2n) is 5.25. The van der Waals surface area contributed by atoms with Gasteiger partial charge in [0.1, 0.15) is 0 Å². The number of aromatic nitrogens is 2. The van der Waals surface area contributed by atoms with Gasteiger partial charge in [0.15, 0.2) is 0 Å². The number of hydrogen-bond acceptors (Lipinski definition) is 3. The highest BCUT2D eigenvalue weighted by Crippen LogP contribution is 2.27. The van der Waals surface area contributed by atoms with Crippen LogP contribution in [0.5, 0.6) is 0 Å². The van der Waals surface area contributed by atoms with Gasteiger partial charge in [-0.2, -0.15) is 5.10 Å². The second kappa shape index (κ2) is 8.33. The Bertz CT molecular complexity index is 362. The molecule has 2 unspecified atom stereocenters. The minimum atomic E-state index is 0.374. The van der Waals surface area contributed by atoms with Crippen molar-refractivity contribution in [2.75, 3.05) is 20.3 Å². The highest BCUT2D eigenvalue weighted by atomic mass is 16.5. The van der Waals surface area contributed by atoms with E-state index in [1.54, 1.807) is 7.11 Å². The third kappa shape index (κ3) is 4.62. The van der Waals surface area contributed by atoms with Crippen LogP contribution in [0.4, 0.5) is 0 Å². The van der Waals surface area contributed by atoms with Crippen LogP contribution >= 0.6 is 0 Å². The summed E-state index contributed by atoms with van der Waals surface area (Å²) in [5, 5.41) is 8.24. The van der Waals surface area contributed by atoms with E-state index in [4.69, 9.17) is 4.74 Å². The van der Waals surface area contributed by atoms with Crippen LogP contribution in [0.15, 0.2) is 6.20 Å². The summed E-state index contributed by atoms with van der Waals surface area (Å²) >= 11 is 0. The number of nitrogens with one attached hydrogen (secondary N) is 1. The Morgan fingerprint density at radius 2 is 2.16 bits per heavy atom. The Labute approximate surface area is 117 Å². The van der Waals surface area contributed by atoms with Gasteiger partial charge in [-0.3, -0.25) is 4.68 Å². The lowest BCUT2D eigenvalue weighted by Crippen LogP contribution is -2.29. The molecule has 0 aromatic carbocycles. The maximum absolute atomic E-state index is 5.22. The van der Waals surface area contributed by atoms with E-state index >= 15 is 0 Å². The van der Waals surface area contributed by atoms with Crippen LogP contribution in [0.3, 0.4) is 0 Å². The van der Waals surface area contributed by atoms with Gasteiger partial charge in [-0.05, 0) is 31.7 Å². The van der Waals surface area contributed by atoms with E-state index in [0.29, 0.717) is 12.0 Å². The molecule has 0 aliphatic rings. The van der Waals surface area contributed by atoms with E-state index in [1.165, 1.54) is 11.3 Å². The van der Waals surface area contributed by atoms with E-state index in [1.807, 2.05) is 11.7 Å². The number of methoxy groups -OCH3 is 1. The van der Waals surface area contributed by atoms with Crippen LogP contribution in [0, 0.1) is 5.92 Å². The minimum Gasteiger partial charge on any atom is -0.385 e. The number of nitrogens with zero attached hydrogens (tertiary/aromatic N) is 2. The van der Waals surface area contributed by atoms with Crippen LogP contribution in [-0.2, 0) is 18.2 Å². The Morgan fingerprint density at radius 1 is 1.42 bits per heavy atom. The number of ether oxygens (including phenoxy) is 1. The lowest BCUT2D eigenvalue weighted by atomic mass is 9.91. The third-order valence-corrected chi connectivity index (χ3v) is 3.57. The Morgan fingerprint density at radius 3 is 2.74 bits per heavy atom. The van der Waals surface area contributed by atoms with Crippen molar-refractivity contribution in [2.24, 2.45) is 13.0 Å². The zero-order chi connectivity index (χ0) is 14.3. The lowest BCUT2D eigenvalue weighted by Gasteiger charge is -2.25. The fourth-order valence-electron chi connectivity index (χ4n) is 2.48. The summed E-state index contributed by atoms with van der Waals surface area (Å²) in [7, 11) is 3.77. The van der Waals surface area contributed by atoms with E-state index in [-0.39, 0.29) is 0 Å². The molecule has 110 valence electrons. The summed E-state index contributed by atoms with van der Waals surface area (Å²) in [5.41, 5.74) is 2.56. The van der Waals surface area contributed by atoms with Gasteiger partial charge in [-0.25, -0.2) is 0 Å². The highest BCUT2D eigenvalue weighted by molar-refractivity contribution is 5.22. The molecule has 0 aliphatic carbocycles. The van der Waals surface area contributed by atoms with Gasteiger partial charge in [-0.1, -0.05) is 20.8 Å². The van der Waals surface area contributed by atoms with Crippen LogP contribution in [0.1, 0.15) is 50.9 Å². The molecule has 1 N–H and O–H groups in total.